The number of anilines is 1. The minimum atomic E-state index is -0.279. The van der Waals surface area contributed by atoms with E-state index in [0.29, 0.717) is 22.6 Å². The zero-order valence-electron chi connectivity index (χ0n) is 19.8. The zero-order valence-corrected chi connectivity index (χ0v) is 19.8. The van der Waals surface area contributed by atoms with E-state index in [1.165, 1.54) is 0 Å². The minimum Gasteiger partial charge on any atom is -0.497 e. The van der Waals surface area contributed by atoms with Gasteiger partial charge in [-0.05, 0) is 62.2 Å². The molecular weight excluding hydrogens is 428 g/mol. The highest BCUT2D eigenvalue weighted by Gasteiger charge is 2.28. The Morgan fingerprint density at radius 3 is 2.35 bits per heavy atom. The summed E-state index contributed by atoms with van der Waals surface area (Å²) in [5.74, 6) is 0.891. The average molecular weight is 457 g/mol. The fraction of sp³-hybridized carbons (Fsp3) is 0.214. The lowest BCUT2D eigenvalue weighted by molar-refractivity contribution is 0.102. The monoisotopic (exact) mass is 456 g/mol. The van der Waals surface area contributed by atoms with Crippen LogP contribution in [-0.2, 0) is 6.42 Å². The van der Waals surface area contributed by atoms with Gasteiger partial charge in [-0.1, -0.05) is 30.3 Å². The van der Waals surface area contributed by atoms with Crippen molar-refractivity contribution in [2.24, 2.45) is 0 Å². The van der Waals surface area contributed by atoms with Crippen molar-refractivity contribution < 1.29 is 19.1 Å². The first-order valence-corrected chi connectivity index (χ1v) is 11.1. The van der Waals surface area contributed by atoms with Crippen LogP contribution < -0.4 is 20.1 Å². The Kier molecular flexibility index (Phi) is 6.41. The van der Waals surface area contributed by atoms with Gasteiger partial charge in [0.2, 0.25) is 0 Å². The van der Waals surface area contributed by atoms with Crippen molar-refractivity contribution in [3.63, 3.8) is 0 Å². The van der Waals surface area contributed by atoms with E-state index in [9.17, 15) is 9.59 Å². The summed E-state index contributed by atoms with van der Waals surface area (Å²) in [7, 11) is 3.18. The number of rotatable bonds is 6. The number of amides is 1. The molecule has 0 unspecified atom stereocenters. The number of benzene rings is 3. The molecular formula is C28H28N2O4. The molecule has 0 radical (unpaired) electrons. The van der Waals surface area contributed by atoms with E-state index >= 15 is 0 Å². The van der Waals surface area contributed by atoms with Gasteiger partial charge >= 0.3 is 0 Å². The van der Waals surface area contributed by atoms with Crippen LogP contribution in [-0.4, -0.2) is 31.4 Å². The minimum absolute atomic E-state index is 0.148. The highest BCUT2D eigenvalue weighted by molar-refractivity contribution is 6.10. The van der Waals surface area contributed by atoms with Crippen LogP contribution >= 0.6 is 0 Å². The number of allylic oxidation sites excluding steroid dienone is 1. The number of ether oxygens (including phenoxy) is 2. The second-order valence-corrected chi connectivity index (χ2v) is 8.86. The van der Waals surface area contributed by atoms with Crippen molar-refractivity contribution in [2.75, 3.05) is 19.5 Å². The molecule has 174 valence electrons. The highest BCUT2D eigenvalue weighted by Crippen LogP contribution is 2.32. The molecule has 0 atom stereocenters. The second kappa shape index (κ2) is 9.43. The quantitative estimate of drug-likeness (QED) is 0.398. The summed E-state index contributed by atoms with van der Waals surface area (Å²) in [5.41, 5.74) is 4.21. The first kappa shape index (κ1) is 23.1. The molecule has 0 aliphatic carbocycles. The van der Waals surface area contributed by atoms with Crippen LogP contribution in [0.5, 0.6) is 11.5 Å². The number of para-hydroxylation sites is 2. The van der Waals surface area contributed by atoms with E-state index in [2.05, 4.69) is 24.5 Å². The zero-order chi connectivity index (χ0) is 24.3. The Morgan fingerprint density at radius 2 is 1.65 bits per heavy atom. The molecule has 1 aliphatic rings. The van der Waals surface area contributed by atoms with E-state index in [0.717, 1.165) is 29.0 Å². The summed E-state index contributed by atoms with van der Waals surface area (Å²) in [4.78, 5) is 25.7. The summed E-state index contributed by atoms with van der Waals surface area (Å²) in [6, 6.07) is 19.7. The molecule has 1 amide bonds. The van der Waals surface area contributed by atoms with Crippen molar-refractivity contribution >= 4 is 23.1 Å². The van der Waals surface area contributed by atoms with Crippen molar-refractivity contribution in [1.29, 1.82) is 0 Å². The summed E-state index contributed by atoms with van der Waals surface area (Å²) >= 11 is 0. The third-order valence-corrected chi connectivity index (χ3v) is 5.77. The number of carbonyl (C=O) groups is 2. The molecule has 2 N–H and O–H groups in total. The number of ketones is 1. The Labute approximate surface area is 199 Å². The van der Waals surface area contributed by atoms with Gasteiger partial charge in [-0.3, -0.25) is 9.59 Å². The third-order valence-electron chi connectivity index (χ3n) is 5.77. The Bertz CT molecular complexity index is 1260. The largest absolute Gasteiger partial charge is 0.497 e. The summed E-state index contributed by atoms with van der Waals surface area (Å²) in [5, 5.41) is 6.32. The maximum Gasteiger partial charge on any atom is 0.255 e. The molecule has 6 heteroatoms. The molecule has 3 aromatic rings. The van der Waals surface area contributed by atoms with E-state index in [1.807, 2.05) is 30.3 Å². The fourth-order valence-electron chi connectivity index (χ4n) is 4.10. The summed E-state index contributed by atoms with van der Waals surface area (Å²) in [6.45, 7) is 4.21. The van der Waals surface area contributed by atoms with E-state index in [-0.39, 0.29) is 17.2 Å². The van der Waals surface area contributed by atoms with Crippen LogP contribution in [0.1, 0.15) is 45.7 Å². The Balaban J connectivity index is 1.56. The van der Waals surface area contributed by atoms with Crippen LogP contribution in [0.2, 0.25) is 0 Å². The molecule has 0 bridgehead atoms. The lowest BCUT2D eigenvalue weighted by Crippen LogP contribution is -2.43. The second-order valence-electron chi connectivity index (χ2n) is 8.86. The van der Waals surface area contributed by atoms with Crippen LogP contribution in [0, 0.1) is 0 Å². The molecule has 3 aromatic carbocycles. The smallest absolute Gasteiger partial charge is 0.255 e. The average Bonchev–Trinajstić information content (AvgIpc) is 2.83. The first-order chi connectivity index (χ1) is 16.3. The lowest BCUT2D eigenvalue weighted by atomic mass is 9.85. The molecule has 34 heavy (non-hydrogen) atoms. The normalized spacial score (nSPS) is 15.1. The van der Waals surface area contributed by atoms with Gasteiger partial charge < -0.3 is 20.1 Å². The number of hydrogen-bond donors (Lipinski definition) is 2. The molecule has 0 fully saturated rings. The van der Waals surface area contributed by atoms with Crippen molar-refractivity contribution in [3.05, 3.63) is 95.1 Å². The van der Waals surface area contributed by atoms with Gasteiger partial charge in [-0.2, -0.15) is 0 Å². The van der Waals surface area contributed by atoms with Crippen molar-refractivity contribution in [1.82, 2.24) is 5.32 Å². The SMILES string of the molecule is COc1ccc2c(c1)C(=CC(=O)c1ccc(C(=O)Nc3ccccc3OC)cc1)NC(C)(C)C2. The van der Waals surface area contributed by atoms with Gasteiger partial charge in [0.1, 0.15) is 11.5 Å². The topological polar surface area (TPSA) is 76.7 Å². The van der Waals surface area contributed by atoms with E-state index in [1.54, 1.807) is 56.7 Å². The first-order valence-electron chi connectivity index (χ1n) is 11.1. The van der Waals surface area contributed by atoms with Crippen molar-refractivity contribution in [2.45, 2.75) is 25.8 Å². The Morgan fingerprint density at radius 1 is 0.941 bits per heavy atom. The van der Waals surface area contributed by atoms with Crippen molar-refractivity contribution in [3.8, 4) is 11.5 Å². The molecule has 0 saturated carbocycles. The van der Waals surface area contributed by atoms with E-state index in [4.69, 9.17) is 9.47 Å². The lowest BCUT2D eigenvalue weighted by Gasteiger charge is -2.35. The molecule has 1 heterocycles. The number of hydrogen-bond acceptors (Lipinski definition) is 5. The number of carbonyl (C=O) groups excluding carboxylic acids is 2. The molecule has 0 spiro atoms. The van der Waals surface area contributed by atoms with E-state index < -0.39 is 0 Å². The third kappa shape index (κ3) is 4.96. The number of methoxy groups -OCH3 is 2. The molecule has 1 aliphatic heterocycles. The fourth-order valence-corrected chi connectivity index (χ4v) is 4.10. The maximum absolute atomic E-state index is 13.1. The van der Waals surface area contributed by atoms with Crippen LogP contribution in [0.25, 0.3) is 5.70 Å². The van der Waals surface area contributed by atoms with Gasteiger partial charge in [-0.25, -0.2) is 0 Å². The van der Waals surface area contributed by atoms with Gasteiger partial charge in [0.05, 0.1) is 19.9 Å². The highest BCUT2D eigenvalue weighted by atomic mass is 16.5. The summed E-state index contributed by atoms with van der Waals surface area (Å²) < 4.78 is 10.7. The molecule has 4 rings (SSSR count). The number of fused-ring (bicyclic) bond motifs is 1. The van der Waals surface area contributed by atoms with Crippen LogP contribution in [0.3, 0.4) is 0 Å². The predicted octanol–water partition coefficient (Wildman–Crippen LogP) is 5.10. The molecule has 0 saturated heterocycles. The number of nitrogens with one attached hydrogen (secondary N) is 2. The van der Waals surface area contributed by atoms with Gasteiger partial charge in [0.25, 0.3) is 5.91 Å². The van der Waals surface area contributed by atoms with Gasteiger partial charge in [0.15, 0.2) is 5.78 Å². The molecule has 6 nitrogen and oxygen atoms in total. The summed E-state index contributed by atoms with van der Waals surface area (Å²) in [6.07, 6.45) is 2.46. The standard InChI is InChI=1S/C28H28N2O4/c1-28(2)17-20-13-14-21(33-3)15-22(20)24(30-28)16-25(31)18-9-11-19(12-10-18)27(32)29-23-7-5-6-8-26(23)34-4/h5-16,30H,17H2,1-4H3,(H,29,32). The predicted molar refractivity (Wildman–Crippen MR) is 134 cm³/mol. The van der Waals surface area contributed by atoms with Gasteiger partial charge in [-0.15, -0.1) is 0 Å². The maximum atomic E-state index is 13.1. The van der Waals surface area contributed by atoms with Crippen LogP contribution in [0.15, 0.2) is 72.8 Å². The van der Waals surface area contributed by atoms with Crippen LogP contribution in [0.4, 0.5) is 5.69 Å². The molecule has 0 aromatic heterocycles. The van der Waals surface area contributed by atoms with Gasteiger partial charge in [0, 0.05) is 34.0 Å². The Hall–Kier alpha value is -4.06.